The molecule has 1 heterocycles. The van der Waals surface area contributed by atoms with Crippen LogP contribution < -0.4 is 16.0 Å². The van der Waals surface area contributed by atoms with Crippen LogP contribution in [-0.4, -0.2) is 30.4 Å². The van der Waals surface area contributed by atoms with E-state index in [0.717, 1.165) is 42.1 Å². The summed E-state index contributed by atoms with van der Waals surface area (Å²) in [6.07, 6.45) is 3.80. The van der Waals surface area contributed by atoms with E-state index in [0.29, 0.717) is 6.54 Å². The Balaban J connectivity index is 1.49. The van der Waals surface area contributed by atoms with Gasteiger partial charge in [-0.2, -0.15) is 0 Å². The lowest BCUT2D eigenvalue weighted by Crippen LogP contribution is -2.37. The van der Waals surface area contributed by atoms with E-state index in [1.54, 1.807) is 7.05 Å². The zero-order chi connectivity index (χ0) is 21.3. The van der Waals surface area contributed by atoms with E-state index in [1.807, 2.05) is 44.2 Å². The molecule has 0 saturated heterocycles. The molecule has 4 N–H and O–H groups in total. The molecule has 3 aromatic rings. The van der Waals surface area contributed by atoms with Crippen LogP contribution in [0.15, 0.2) is 59.7 Å². The van der Waals surface area contributed by atoms with Crippen molar-refractivity contribution in [1.82, 2.24) is 15.6 Å². The molecule has 3 rings (SSSR count). The van der Waals surface area contributed by atoms with Crippen molar-refractivity contribution < 1.29 is 4.79 Å². The summed E-state index contributed by atoms with van der Waals surface area (Å²) in [4.78, 5) is 19.7. The molecule has 0 radical (unpaired) electrons. The number of rotatable bonds is 8. The molecule has 6 heteroatoms. The van der Waals surface area contributed by atoms with Crippen molar-refractivity contribution in [3.63, 3.8) is 0 Å². The van der Waals surface area contributed by atoms with Gasteiger partial charge in [-0.1, -0.05) is 44.2 Å². The predicted octanol–water partition coefficient (Wildman–Crippen LogP) is 4.06. The van der Waals surface area contributed by atoms with Gasteiger partial charge in [0.2, 0.25) is 5.91 Å². The monoisotopic (exact) mass is 405 g/mol. The number of fused-ring (bicyclic) bond motifs is 1. The molecule has 30 heavy (non-hydrogen) atoms. The molecule has 158 valence electrons. The minimum atomic E-state index is 0.00644. The van der Waals surface area contributed by atoms with Crippen molar-refractivity contribution >= 4 is 28.5 Å². The van der Waals surface area contributed by atoms with Gasteiger partial charge in [0, 0.05) is 48.8 Å². The average Bonchev–Trinajstić information content (AvgIpc) is 3.19. The minimum Gasteiger partial charge on any atom is -0.361 e. The fourth-order valence-corrected chi connectivity index (χ4v) is 3.27. The Labute approximate surface area is 178 Å². The molecule has 0 aliphatic carbocycles. The summed E-state index contributed by atoms with van der Waals surface area (Å²) in [5.41, 5.74) is 4.35. The summed E-state index contributed by atoms with van der Waals surface area (Å²) in [7, 11) is 1.77. The largest absolute Gasteiger partial charge is 0.361 e. The lowest BCUT2D eigenvalue weighted by atomic mass is 10.1. The van der Waals surface area contributed by atoms with Crippen molar-refractivity contribution in [2.75, 3.05) is 18.9 Å². The van der Waals surface area contributed by atoms with Crippen LogP contribution in [0.1, 0.15) is 31.4 Å². The first-order valence-electron chi connectivity index (χ1n) is 10.5. The number of para-hydroxylation sites is 1. The van der Waals surface area contributed by atoms with Gasteiger partial charge < -0.3 is 20.9 Å². The first kappa shape index (κ1) is 21.4. The average molecular weight is 406 g/mol. The van der Waals surface area contributed by atoms with Crippen molar-refractivity contribution in [3.8, 4) is 0 Å². The Bertz CT molecular complexity index is 1010. The number of carbonyl (C=O) groups excluding carboxylic acids is 1. The van der Waals surface area contributed by atoms with Gasteiger partial charge in [-0.25, -0.2) is 0 Å². The minimum absolute atomic E-state index is 0.00644. The maximum Gasteiger partial charge on any atom is 0.227 e. The Morgan fingerprint density at radius 3 is 2.77 bits per heavy atom. The van der Waals surface area contributed by atoms with Gasteiger partial charge in [-0.05, 0) is 42.2 Å². The van der Waals surface area contributed by atoms with Crippen molar-refractivity contribution in [3.05, 3.63) is 65.9 Å². The molecule has 0 spiro atoms. The fourth-order valence-electron chi connectivity index (χ4n) is 3.27. The van der Waals surface area contributed by atoms with E-state index in [-0.39, 0.29) is 11.8 Å². The number of carbonyl (C=O) groups is 1. The number of amides is 1. The van der Waals surface area contributed by atoms with Crippen molar-refractivity contribution in [2.45, 2.75) is 33.2 Å². The van der Waals surface area contributed by atoms with Crippen LogP contribution in [0.25, 0.3) is 10.9 Å². The number of hydrogen-bond donors (Lipinski definition) is 4. The van der Waals surface area contributed by atoms with E-state index in [4.69, 9.17) is 0 Å². The Morgan fingerprint density at radius 1 is 1.13 bits per heavy atom. The van der Waals surface area contributed by atoms with E-state index in [9.17, 15) is 4.79 Å². The third-order valence-electron chi connectivity index (χ3n) is 5.30. The molecule has 1 atom stereocenters. The molecule has 1 aromatic heterocycles. The van der Waals surface area contributed by atoms with Crippen LogP contribution in [-0.2, 0) is 17.8 Å². The van der Waals surface area contributed by atoms with E-state index in [1.165, 1.54) is 10.9 Å². The predicted molar refractivity (Wildman–Crippen MR) is 125 cm³/mol. The Hall–Kier alpha value is -3.28. The second kappa shape index (κ2) is 10.5. The SMILES string of the molecule is CCC(C)C(=O)Nc1cccc(CNC(=NC)NCCc2c[nH]c3ccccc23)c1. The normalized spacial score (nSPS) is 12.6. The number of aromatic nitrogens is 1. The number of anilines is 1. The second-order valence-corrected chi connectivity index (χ2v) is 7.46. The van der Waals surface area contributed by atoms with E-state index >= 15 is 0 Å². The van der Waals surface area contributed by atoms with Gasteiger partial charge in [0.15, 0.2) is 5.96 Å². The van der Waals surface area contributed by atoms with Crippen LogP contribution in [0.4, 0.5) is 5.69 Å². The number of nitrogens with one attached hydrogen (secondary N) is 4. The number of aromatic amines is 1. The zero-order valence-corrected chi connectivity index (χ0v) is 18.0. The Kier molecular flexibility index (Phi) is 7.49. The van der Waals surface area contributed by atoms with Gasteiger partial charge in [0.05, 0.1) is 0 Å². The first-order valence-corrected chi connectivity index (χ1v) is 10.5. The third-order valence-corrected chi connectivity index (χ3v) is 5.30. The number of aliphatic imine (C=N–C) groups is 1. The highest BCUT2D eigenvalue weighted by atomic mass is 16.1. The molecule has 2 aromatic carbocycles. The lowest BCUT2D eigenvalue weighted by Gasteiger charge is -2.13. The standard InChI is InChI=1S/C24H31N5O/c1-4-17(2)23(30)29-20-9-7-8-18(14-20)15-28-24(25-3)26-13-12-19-16-27-22-11-6-5-10-21(19)22/h5-11,14,16-17,27H,4,12-13,15H2,1-3H3,(H,29,30)(H2,25,26,28). The first-order chi connectivity index (χ1) is 14.6. The molecule has 0 aliphatic heterocycles. The molecular weight excluding hydrogens is 374 g/mol. The molecule has 6 nitrogen and oxygen atoms in total. The molecular formula is C24H31N5O. The maximum atomic E-state index is 12.1. The zero-order valence-electron chi connectivity index (χ0n) is 18.0. The quantitative estimate of drug-likeness (QED) is 0.337. The summed E-state index contributed by atoms with van der Waals surface area (Å²) in [6, 6.07) is 16.2. The van der Waals surface area contributed by atoms with Gasteiger partial charge in [0.1, 0.15) is 0 Å². The highest BCUT2D eigenvalue weighted by molar-refractivity contribution is 5.92. The molecule has 0 fully saturated rings. The van der Waals surface area contributed by atoms with Crippen LogP contribution in [0, 0.1) is 5.92 Å². The van der Waals surface area contributed by atoms with Gasteiger partial charge in [0.25, 0.3) is 0 Å². The van der Waals surface area contributed by atoms with Crippen molar-refractivity contribution in [2.24, 2.45) is 10.9 Å². The molecule has 0 aliphatic rings. The maximum absolute atomic E-state index is 12.1. The summed E-state index contributed by atoms with van der Waals surface area (Å²) < 4.78 is 0. The van der Waals surface area contributed by atoms with Crippen LogP contribution in [0.3, 0.4) is 0 Å². The molecule has 0 bridgehead atoms. The number of nitrogens with zero attached hydrogens (tertiary/aromatic N) is 1. The van der Waals surface area contributed by atoms with Crippen LogP contribution in [0.5, 0.6) is 0 Å². The number of hydrogen-bond acceptors (Lipinski definition) is 2. The molecule has 0 saturated carbocycles. The summed E-state index contributed by atoms with van der Waals surface area (Å²) >= 11 is 0. The fraction of sp³-hybridized carbons (Fsp3) is 0.333. The van der Waals surface area contributed by atoms with Crippen LogP contribution in [0.2, 0.25) is 0 Å². The Morgan fingerprint density at radius 2 is 1.97 bits per heavy atom. The van der Waals surface area contributed by atoms with Gasteiger partial charge in [-0.15, -0.1) is 0 Å². The van der Waals surface area contributed by atoms with E-state index < -0.39 is 0 Å². The lowest BCUT2D eigenvalue weighted by molar-refractivity contribution is -0.119. The summed E-state index contributed by atoms with van der Waals surface area (Å²) in [6.45, 7) is 5.36. The summed E-state index contributed by atoms with van der Waals surface area (Å²) in [5.74, 6) is 0.813. The van der Waals surface area contributed by atoms with Gasteiger partial charge >= 0.3 is 0 Å². The third kappa shape index (κ3) is 5.63. The van der Waals surface area contributed by atoms with Crippen LogP contribution >= 0.6 is 0 Å². The second-order valence-electron chi connectivity index (χ2n) is 7.46. The molecule has 1 unspecified atom stereocenters. The van der Waals surface area contributed by atoms with Gasteiger partial charge in [-0.3, -0.25) is 9.79 Å². The number of guanidine groups is 1. The highest BCUT2D eigenvalue weighted by Crippen LogP contribution is 2.17. The van der Waals surface area contributed by atoms with Crippen molar-refractivity contribution in [1.29, 1.82) is 0 Å². The smallest absolute Gasteiger partial charge is 0.227 e. The molecule has 1 amide bonds. The van der Waals surface area contributed by atoms with E-state index in [2.05, 4.69) is 50.3 Å². The number of benzene rings is 2. The topological polar surface area (TPSA) is 81.3 Å². The summed E-state index contributed by atoms with van der Waals surface area (Å²) in [5, 5.41) is 10.9. The number of H-pyrrole nitrogens is 1. The highest BCUT2D eigenvalue weighted by Gasteiger charge is 2.10.